The fourth-order valence-electron chi connectivity index (χ4n) is 3.65. The summed E-state index contributed by atoms with van der Waals surface area (Å²) in [5, 5.41) is 8.33. The molecule has 0 amide bonds. The maximum atomic E-state index is 12.7. The van der Waals surface area contributed by atoms with Crippen molar-refractivity contribution in [2.45, 2.75) is 18.1 Å². The molecule has 3 aromatic rings. The monoisotopic (exact) mass is 489 g/mol. The van der Waals surface area contributed by atoms with Crippen molar-refractivity contribution < 1.29 is 27.1 Å². The number of benzene rings is 2. The van der Waals surface area contributed by atoms with E-state index < -0.39 is 10.0 Å². The van der Waals surface area contributed by atoms with Gasteiger partial charge in [0.25, 0.3) is 5.22 Å². The van der Waals surface area contributed by atoms with Crippen LogP contribution in [-0.4, -0.2) is 57.2 Å². The molecule has 0 unspecified atom stereocenters. The van der Waals surface area contributed by atoms with Gasteiger partial charge in [0, 0.05) is 17.7 Å². The van der Waals surface area contributed by atoms with Gasteiger partial charge in [0.1, 0.15) is 0 Å². The number of fused-ring (bicyclic) bond motifs is 1. The van der Waals surface area contributed by atoms with E-state index in [-0.39, 0.29) is 16.8 Å². The fraction of sp³-hybridized carbons (Fsp3) is 0.318. The number of aryl methyl sites for hydroxylation is 1. The van der Waals surface area contributed by atoms with Crippen LogP contribution in [0, 0.1) is 0 Å². The lowest BCUT2D eigenvalue weighted by Crippen LogP contribution is -2.34. The summed E-state index contributed by atoms with van der Waals surface area (Å²) in [5.41, 5.74) is 2.69. The van der Waals surface area contributed by atoms with E-state index in [1.807, 2.05) is 0 Å². The highest BCUT2D eigenvalue weighted by Gasteiger charge is 2.25. The Bertz CT molecular complexity index is 1290. The van der Waals surface area contributed by atoms with Crippen molar-refractivity contribution in [2.75, 3.05) is 37.1 Å². The molecule has 33 heavy (non-hydrogen) atoms. The number of hydrogen-bond acceptors (Lipinski definition) is 9. The normalized spacial score (nSPS) is 13.5. The summed E-state index contributed by atoms with van der Waals surface area (Å²) < 4.78 is 41.6. The highest BCUT2D eigenvalue weighted by molar-refractivity contribution is 7.99. The van der Waals surface area contributed by atoms with E-state index in [0.717, 1.165) is 23.7 Å². The molecular formula is C22H23N3O6S2. The van der Waals surface area contributed by atoms with Crippen LogP contribution in [0.25, 0.3) is 11.5 Å². The van der Waals surface area contributed by atoms with Crippen molar-refractivity contribution in [3.63, 3.8) is 0 Å². The van der Waals surface area contributed by atoms with E-state index in [4.69, 9.17) is 13.9 Å². The van der Waals surface area contributed by atoms with Gasteiger partial charge >= 0.3 is 0 Å². The molecule has 0 spiro atoms. The molecule has 2 aromatic carbocycles. The molecule has 4 rings (SSSR count). The van der Waals surface area contributed by atoms with Crippen molar-refractivity contribution in [2.24, 2.45) is 0 Å². The average molecular weight is 490 g/mol. The molecule has 1 aliphatic rings. The van der Waals surface area contributed by atoms with Crippen molar-refractivity contribution >= 4 is 33.3 Å². The second-order valence-corrected chi connectivity index (χ2v) is 10.3. The molecule has 0 saturated carbocycles. The number of rotatable bonds is 8. The number of carbonyl (C=O) groups is 1. The number of ether oxygens (including phenoxy) is 2. The number of methoxy groups -OCH3 is 2. The smallest absolute Gasteiger partial charge is 0.277 e. The number of thioether (sulfide) groups is 1. The van der Waals surface area contributed by atoms with E-state index in [1.165, 1.54) is 10.6 Å². The van der Waals surface area contributed by atoms with Crippen LogP contribution in [0.5, 0.6) is 11.5 Å². The molecule has 0 saturated heterocycles. The second-order valence-electron chi connectivity index (χ2n) is 7.44. The first-order chi connectivity index (χ1) is 15.8. The lowest BCUT2D eigenvalue weighted by Gasteiger charge is -2.29. The highest BCUT2D eigenvalue weighted by Crippen LogP contribution is 2.33. The number of sulfonamides is 1. The zero-order valence-corrected chi connectivity index (χ0v) is 20.0. The Labute approximate surface area is 196 Å². The Balaban J connectivity index is 1.45. The molecule has 0 radical (unpaired) electrons. The first-order valence-corrected chi connectivity index (χ1v) is 13.0. The summed E-state index contributed by atoms with van der Waals surface area (Å²) in [5.74, 6) is 1.44. The second kappa shape index (κ2) is 9.44. The van der Waals surface area contributed by atoms with Gasteiger partial charge in [-0.05, 0) is 54.8 Å². The Hall–Kier alpha value is -3.05. The third kappa shape index (κ3) is 4.98. The Kier molecular flexibility index (Phi) is 6.61. The predicted octanol–water partition coefficient (Wildman–Crippen LogP) is 3.44. The summed E-state index contributed by atoms with van der Waals surface area (Å²) in [6, 6.07) is 10.4. The molecular weight excluding hydrogens is 466 g/mol. The van der Waals surface area contributed by atoms with Crippen LogP contribution in [-0.2, 0) is 16.4 Å². The molecule has 0 atom stereocenters. The lowest BCUT2D eigenvalue weighted by molar-refractivity contribution is 0.102. The molecule has 1 aliphatic heterocycles. The molecule has 0 bridgehead atoms. The molecule has 174 valence electrons. The van der Waals surface area contributed by atoms with Crippen LogP contribution in [0.4, 0.5) is 5.69 Å². The van der Waals surface area contributed by atoms with E-state index in [9.17, 15) is 13.2 Å². The van der Waals surface area contributed by atoms with Crippen molar-refractivity contribution in [1.29, 1.82) is 0 Å². The third-order valence-corrected chi connectivity index (χ3v) is 7.24. The molecule has 0 N–H and O–H groups in total. The van der Waals surface area contributed by atoms with E-state index >= 15 is 0 Å². The Morgan fingerprint density at radius 3 is 2.64 bits per heavy atom. The van der Waals surface area contributed by atoms with Gasteiger partial charge in [-0.2, -0.15) is 0 Å². The largest absolute Gasteiger partial charge is 0.493 e. The van der Waals surface area contributed by atoms with Crippen LogP contribution < -0.4 is 13.8 Å². The molecule has 11 heteroatoms. The van der Waals surface area contributed by atoms with Crippen molar-refractivity contribution in [1.82, 2.24) is 10.2 Å². The topological polar surface area (TPSA) is 112 Å². The van der Waals surface area contributed by atoms with Crippen LogP contribution in [0.3, 0.4) is 0 Å². The number of anilines is 1. The number of aromatic nitrogens is 2. The lowest BCUT2D eigenvalue weighted by atomic mass is 9.99. The molecule has 0 aliphatic carbocycles. The first kappa shape index (κ1) is 23.1. The van der Waals surface area contributed by atoms with Gasteiger partial charge in [-0.25, -0.2) is 8.42 Å². The quantitative estimate of drug-likeness (QED) is 0.347. The number of nitrogens with zero attached hydrogens (tertiary/aromatic N) is 3. The van der Waals surface area contributed by atoms with Crippen molar-refractivity contribution in [3.05, 3.63) is 47.5 Å². The molecule has 9 nitrogen and oxygen atoms in total. The van der Waals surface area contributed by atoms with Crippen molar-refractivity contribution in [3.8, 4) is 23.0 Å². The van der Waals surface area contributed by atoms with Crippen LogP contribution in [0.15, 0.2) is 46.0 Å². The Morgan fingerprint density at radius 2 is 1.91 bits per heavy atom. The maximum Gasteiger partial charge on any atom is 0.277 e. The highest BCUT2D eigenvalue weighted by atomic mass is 32.2. The number of carbonyl (C=O) groups excluding carboxylic acids is 1. The van der Waals surface area contributed by atoms with Gasteiger partial charge in [0.05, 0.1) is 31.9 Å². The van der Waals surface area contributed by atoms with E-state index in [2.05, 4.69) is 10.2 Å². The third-order valence-electron chi connectivity index (χ3n) is 5.24. The van der Waals surface area contributed by atoms with Gasteiger partial charge in [-0.1, -0.05) is 11.8 Å². The summed E-state index contributed by atoms with van der Waals surface area (Å²) >= 11 is 1.15. The van der Waals surface area contributed by atoms with Gasteiger partial charge in [-0.15, -0.1) is 10.2 Å². The van der Waals surface area contributed by atoms with Crippen LogP contribution in [0.1, 0.15) is 22.3 Å². The standard InChI is InChI=1S/C22H23N3O6S2/c1-29-19-9-7-16(12-20(19)30-2)21-23-24-22(31-21)32-13-18(26)15-6-8-17-14(11-15)5-4-10-25(17)33(3,27)28/h6-9,11-12H,4-5,10,13H2,1-3H3. The summed E-state index contributed by atoms with van der Waals surface area (Å²) in [4.78, 5) is 12.7. The van der Waals surface area contributed by atoms with Gasteiger partial charge in [0.15, 0.2) is 17.3 Å². The Morgan fingerprint density at radius 1 is 1.12 bits per heavy atom. The van der Waals surface area contributed by atoms with Gasteiger partial charge in [0.2, 0.25) is 15.9 Å². The minimum Gasteiger partial charge on any atom is -0.493 e. The minimum absolute atomic E-state index is 0.106. The minimum atomic E-state index is -3.35. The fourth-order valence-corrected chi connectivity index (χ4v) is 5.30. The van der Waals surface area contributed by atoms with E-state index in [1.54, 1.807) is 50.6 Å². The molecule has 1 aromatic heterocycles. The van der Waals surface area contributed by atoms with Gasteiger partial charge < -0.3 is 13.9 Å². The first-order valence-electron chi connectivity index (χ1n) is 10.1. The van der Waals surface area contributed by atoms with Gasteiger partial charge in [-0.3, -0.25) is 9.10 Å². The zero-order valence-electron chi connectivity index (χ0n) is 18.4. The molecule has 0 fully saturated rings. The number of hydrogen-bond donors (Lipinski definition) is 0. The maximum absolute atomic E-state index is 12.7. The zero-order chi connectivity index (χ0) is 23.6. The van der Waals surface area contributed by atoms with Crippen LogP contribution >= 0.6 is 11.8 Å². The van der Waals surface area contributed by atoms with Crippen LogP contribution in [0.2, 0.25) is 0 Å². The average Bonchev–Trinajstić information content (AvgIpc) is 3.29. The summed E-state index contributed by atoms with van der Waals surface area (Å²) in [6.45, 7) is 0.453. The SMILES string of the molecule is COc1ccc(-c2nnc(SCC(=O)c3ccc4c(c3)CCCN4S(C)(=O)=O)o2)cc1OC. The predicted molar refractivity (Wildman–Crippen MR) is 125 cm³/mol. The molecule has 2 heterocycles. The number of ketones is 1. The summed E-state index contributed by atoms with van der Waals surface area (Å²) in [7, 11) is -0.247. The number of Topliss-reactive ketones (excluding diaryl/α,β-unsaturated/α-hetero) is 1. The summed E-state index contributed by atoms with van der Waals surface area (Å²) in [6.07, 6.45) is 2.64. The van der Waals surface area contributed by atoms with E-state index in [0.29, 0.717) is 47.2 Å².